The number of hydrogen-bond donors (Lipinski definition) is 1. The van der Waals surface area contributed by atoms with Crippen molar-refractivity contribution >= 4 is 5.97 Å². The molecule has 2 heterocycles. The summed E-state index contributed by atoms with van der Waals surface area (Å²) in [5, 5.41) is 7.42. The van der Waals surface area contributed by atoms with Crippen LogP contribution in [0.5, 0.6) is 0 Å². The molecule has 1 radical (unpaired) electrons. The molecule has 4 rings (SSSR count). The van der Waals surface area contributed by atoms with Gasteiger partial charge >= 0.3 is 0 Å². The molecule has 0 aromatic heterocycles. The summed E-state index contributed by atoms with van der Waals surface area (Å²) >= 11 is 0. The summed E-state index contributed by atoms with van der Waals surface area (Å²) in [7, 11) is 0. The summed E-state index contributed by atoms with van der Waals surface area (Å²) in [5.41, 5.74) is 1.45. The van der Waals surface area contributed by atoms with E-state index in [9.17, 15) is 0 Å². The van der Waals surface area contributed by atoms with Gasteiger partial charge in [-0.05, 0) is 56.9 Å². The third kappa shape index (κ3) is 12.4. The van der Waals surface area contributed by atoms with Gasteiger partial charge in [-0.25, -0.2) is 0 Å². The van der Waals surface area contributed by atoms with Crippen LogP contribution in [0.4, 0.5) is 0 Å². The molecule has 1 N–H and O–H groups in total. The van der Waals surface area contributed by atoms with E-state index in [0.29, 0.717) is 5.92 Å². The molecule has 1 aromatic rings. The topological polar surface area (TPSA) is 50.3 Å². The Labute approximate surface area is 223 Å². The van der Waals surface area contributed by atoms with Crippen molar-refractivity contribution in [2.75, 3.05) is 72.0 Å². The molecular formula is C28H44CuN4O2. The first-order chi connectivity index (χ1) is 16.6. The van der Waals surface area contributed by atoms with E-state index < -0.39 is 5.97 Å². The van der Waals surface area contributed by atoms with E-state index in [1.165, 1.54) is 96.8 Å². The molecule has 2 bridgehead atoms. The van der Waals surface area contributed by atoms with Crippen molar-refractivity contribution in [1.29, 1.82) is 0 Å². The minimum atomic E-state index is -0.833. The van der Waals surface area contributed by atoms with Crippen LogP contribution in [-0.4, -0.2) is 103 Å². The molecule has 35 heavy (non-hydrogen) atoms. The zero-order valence-corrected chi connectivity index (χ0v) is 22.3. The van der Waals surface area contributed by atoms with E-state index in [1.807, 2.05) is 0 Å². The van der Waals surface area contributed by atoms with Crippen LogP contribution in [0.1, 0.15) is 31.7 Å². The summed E-state index contributed by atoms with van der Waals surface area (Å²) in [5.74, 6) is -0.132. The second-order valence-corrected chi connectivity index (χ2v) is 9.78. The summed E-state index contributed by atoms with van der Waals surface area (Å²) < 4.78 is 0. The Morgan fingerprint density at radius 3 is 2.00 bits per heavy atom. The molecule has 2 saturated heterocycles. The summed E-state index contributed by atoms with van der Waals surface area (Å²) in [4.78, 5) is 19.9. The number of nitrogens with zero attached hydrogens (tertiary/aromatic N) is 4. The van der Waals surface area contributed by atoms with E-state index in [-0.39, 0.29) is 17.1 Å². The zero-order valence-electron chi connectivity index (χ0n) is 21.3. The molecular weight excluding hydrogens is 488 g/mol. The molecule has 0 amide bonds. The monoisotopic (exact) mass is 531 g/mol. The number of carboxylic acids is 1. The first kappa shape index (κ1) is 29.8. The molecule has 6 nitrogen and oxygen atoms in total. The maximum Gasteiger partial charge on any atom is 0.300 e. The minimum absolute atomic E-state index is 0. The number of benzene rings is 1. The fourth-order valence-corrected chi connectivity index (χ4v) is 5.06. The summed E-state index contributed by atoms with van der Waals surface area (Å²) in [6, 6.07) is 11.0. The molecule has 3 aliphatic rings. The van der Waals surface area contributed by atoms with Crippen LogP contribution in [0.2, 0.25) is 0 Å². The fourth-order valence-electron chi connectivity index (χ4n) is 5.06. The van der Waals surface area contributed by atoms with Crippen LogP contribution in [0.3, 0.4) is 0 Å². The minimum Gasteiger partial charge on any atom is -0.481 e. The number of fused-ring (bicyclic) bond motifs is 3. The third-order valence-electron chi connectivity index (χ3n) is 6.91. The SMILES string of the molecule is C1=CCC(CN2CCCN3CCN(CCCN(Cc4ccccc4)CC3)CC2)C=C1.CC(=O)O.[Cu]. The van der Waals surface area contributed by atoms with Crippen LogP contribution < -0.4 is 0 Å². The van der Waals surface area contributed by atoms with E-state index in [1.54, 1.807) is 0 Å². The number of carboxylic acid groups (broad SMARTS) is 1. The molecule has 199 valence electrons. The predicted molar refractivity (Wildman–Crippen MR) is 140 cm³/mol. The van der Waals surface area contributed by atoms with Gasteiger partial charge in [0.25, 0.3) is 5.97 Å². The average Bonchev–Trinajstić information content (AvgIpc) is 2.83. The molecule has 2 aliphatic heterocycles. The largest absolute Gasteiger partial charge is 0.481 e. The number of allylic oxidation sites excluding steroid dienone is 3. The normalized spacial score (nSPS) is 26.1. The van der Waals surface area contributed by atoms with Gasteiger partial charge in [-0.1, -0.05) is 54.6 Å². The van der Waals surface area contributed by atoms with Crippen molar-refractivity contribution in [3.63, 3.8) is 0 Å². The summed E-state index contributed by atoms with van der Waals surface area (Å²) in [6.45, 7) is 15.6. The van der Waals surface area contributed by atoms with Gasteiger partial charge in [-0.15, -0.1) is 0 Å². The Morgan fingerprint density at radius 1 is 0.829 bits per heavy atom. The van der Waals surface area contributed by atoms with Gasteiger partial charge in [0, 0.05) is 76.4 Å². The maximum absolute atomic E-state index is 9.00. The van der Waals surface area contributed by atoms with Crippen LogP contribution in [0.25, 0.3) is 0 Å². The first-order valence-corrected chi connectivity index (χ1v) is 13.0. The Balaban J connectivity index is 0.000000804. The van der Waals surface area contributed by atoms with Gasteiger partial charge in [0.15, 0.2) is 0 Å². The van der Waals surface area contributed by atoms with Crippen molar-refractivity contribution < 1.29 is 27.0 Å². The van der Waals surface area contributed by atoms with Crippen LogP contribution >= 0.6 is 0 Å². The van der Waals surface area contributed by atoms with Gasteiger partial charge in [-0.2, -0.15) is 0 Å². The molecule has 1 aliphatic carbocycles. The molecule has 0 saturated carbocycles. The molecule has 3 atom stereocenters. The van der Waals surface area contributed by atoms with E-state index in [2.05, 4.69) is 74.2 Å². The van der Waals surface area contributed by atoms with Crippen LogP contribution in [-0.2, 0) is 28.4 Å². The Kier molecular flexibility index (Phi) is 14.5. The van der Waals surface area contributed by atoms with Gasteiger partial charge in [0.2, 0.25) is 0 Å². The Bertz CT molecular complexity index is 769. The third-order valence-corrected chi connectivity index (χ3v) is 6.91. The van der Waals surface area contributed by atoms with Crippen molar-refractivity contribution in [2.24, 2.45) is 5.92 Å². The van der Waals surface area contributed by atoms with E-state index in [0.717, 1.165) is 13.5 Å². The Hall–Kier alpha value is -1.47. The van der Waals surface area contributed by atoms with Crippen molar-refractivity contribution in [2.45, 2.75) is 32.7 Å². The standard InChI is InChI=1S/C26H40N4.C2H4O2.Cu/c1-3-9-25(10-4-1)23-29-15-7-13-28-18-17-27(19-21-29)14-8-16-30(22-20-28)24-26-11-5-2-6-12-26;1-2(3)4;/h1-6,9-11,26H,7-8,12-24H2;1H3,(H,3,4);. The number of rotatable bonds is 4. The van der Waals surface area contributed by atoms with Gasteiger partial charge < -0.3 is 19.8 Å². The molecule has 2 fully saturated rings. The zero-order chi connectivity index (χ0) is 24.0. The summed E-state index contributed by atoms with van der Waals surface area (Å²) in [6.07, 6.45) is 12.9. The van der Waals surface area contributed by atoms with Crippen molar-refractivity contribution in [3.05, 3.63) is 60.2 Å². The molecule has 7 heteroatoms. The molecule has 0 spiro atoms. The molecule has 3 unspecified atom stereocenters. The van der Waals surface area contributed by atoms with Crippen molar-refractivity contribution in [3.8, 4) is 0 Å². The van der Waals surface area contributed by atoms with E-state index in [4.69, 9.17) is 9.90 Å². The quantitative estimate of drug-likeness (QED) is 0.601. The average molecular weight is 532 g/mol. The smallest absolute Gasteiger partial charge is 0.300 e. The Morgan fingerprint density at radius 2 is 1.40 bits per heavy atom. The van der Waals surface area contributed by atoms with Gasteiger partial charge in [0.05, 0.1) is 0 Å². The first-order valence-electron chi connectivity index (χ1n) is 13.0. The maximum atomic E-state index is 9.00. The number of aliphatic carboxylic acids is 1. The van der Waals surface area contributed by atoms with Crippen LogP contribution in [0.15, 0.2) is 54.6 Å². The fraction of sp³-hybridized carbons (Fsp3) is 0.607. The second kappa shape index (κ2) is 17.1. The number of hydrogen-bond acceptors (Lipinski definition) is 5. The van der Waals surface area contributed by atoms with Crippen molar-refractivity contribution in [1.82, 2.24) is 19.6 Å². The second-order valence-electron chi connectivity index (χ2n) is 9.78. The van der Waals surface area contributed by atoms with Crippen LogP contribution in [0, 0.1) is 5.92 Å². The van der Waals surface area contributed by atoms with Gasteiger partial charge in [-0.3, -0.25) is 9.69 Å². The predicted octanol–water partition coefficient (Wildman–Crippen LogP) is 3.42. The van der Waals surface area contributed by atoms with E-state index >= 15 is 0 Å². The number of carbonyl (C=O) groups is 1. The van der Waals surface area contributed by atoms with Gasteiger partial charge in [0.1, 0.15) is 0 Å². The molecule has 1 aromatic carbocycles.